The number of benzene rings is 1. The van der Waals surface area contributed by atoms with E-state index in [1.807, 2.05) is 0 Å². The van der Waals surface area contributed by atoms with Crippen molar-refractivity contribution in [1.29, 1.82) is 0 Å². The van der Waals surface area contributed by atoms with Crippen molar-refractivity contribution in [3.05, 3.63) is 23.8 Å². The summed E-state index contributed by atoms with van der Waals surface area (Å²) in [6, 6.07) is 3.88. The van der Waals surface area contributed by atoms with Crippen LogP contribution >= 0.6 is 0 Å². The molecule has 0 bridgehead atoms. The van der Waals surface area contributed by atoms with Gasteiger partial charge in [0.15, 0.2) is 11.5 Å². The molecule has 2 N–H and O–H groups in total. The molecule has 0 heterocycles. The molecule has 1 aromatic carbocycles. The van der Waals surface area contributed by atoms with Crippen molar-refractivity contribution in [2.24, 2.45) is 11.8 Å². The summed E-state index contributed by atoms with van der Waals surface area (Å²) in [7, 11) is 0. The van der Waals surface area contributed by atoms with Crippen molar-refractivity contribution in [3.63, 3.8) is 0 Å². The van der Waals surface area contributed by atoms with E-state index < -0.39 is 47.7 Å². The molecule has 0 saturated heterocycles. The summed E-state index contributed by atoms with van der Waals surface area (Å²) in [6.07, 6.45) is -2.01. The predicted octanol–water partition coefficient (Wildman–Crippen LogP) is 3.69. The average molecular weight is 482 g/mol. The molecule has 34 heavy (non-hydrogen) atoms. The van der Waals surface area contributed by atoms with Gasteiger partial charge < -0.3 is 24.1 Å². The summed E-state index contributed by atoms with van der Waals surface area (Å²) >= 11 is 0. The molecule has 0 aliphatic rings. The zero-order chi connectivity index (χ0) is 26.2. The van der Waals surface area contributed by atoms with Crippen LogP contribution in [0, 0.1) is 11.8 Å². The van der Waals surface area contributed by atoms with Gasteiger partial charge in [-0.1, -0.05) is 33.8 Å². The molecule has 0 aliphatic carbocycles. The molecule has 0 radical (unpaired) electrons. The fourth-order valence-electron chi connectivity index (χ4n) is 2.69. The lowest BCUT2D eigenvalue weighted by Gasteiger charge is -2.32. The number of hydrogen-bond donors (Lipinski definition) is 2. The minimum atomic E-state index is -2.17. The van der Waals surface area contributed by atoms with Crippen molar-refractivity contribution in [2.75, 3.05) is 0 Å². The third-order valence-electron chi connectivity index (χ3n) is 4.28. The highest BCUT2D eigenvalue weighted by molar-refractivity contribution is 5.81. The lowest BCUT2D eigenvalue weighted by atomic mass is 10.0. The van der Waals surface area contributed by atoms with E-state index in [4.69, 9.17) is 18.9 Å². The molecule has 1 atom stereocenters. The number of esters is 2. The Labute approximate surface area is 199 Å². The first kappa shape index (κ1) is 28.9. The molecule has 0 amide bonds. The smallest absolute Gasteiger partial charge is 0.477 e. The Morgan fingerprint density at radius 2 is 1.41 bits per heavy atom. The quantitative estimate of drug-likeness (QED) is 0.273. The Balaban J connectivity index is 3.44. The molecule has 0 saturated carbocycles. The minimum absolute atomic E-state index is 0.00864. The largest absolute Gasteiger partial charge is 0.510 e. The molecular formula is C24H35NO9. The van der Waals surface area contributed by atoms with E-state index in [2.05, 4.69) is 5.32 Å². The Morgan fingerprint density at radius 3 is 1.85 bits per heavy atom. The second-order valence-electron chi connectivity index (χ2n) is 9.06. The average Bonchev–Trinajstić information content (AvgIpc) is 2.68. The number of rotatable bonds is 11. The normalized spacial score (nSPS) is 13.1. The van der Waals surface area contributed by atoms with E-state index in [0.29, 0.717) is 5.56 Å². The molecule has 1 aromatic rings. The van der Waals surface area contributed by atoms with E-state index in [-0.39, 0.29) is 24.0 Å². The van der Waals surface area contributed by atoms with Crippen LogP contribution in [0.4, 0.5) is 4.79 Å². The van der Waals surface area contributed by atoms with Crippen LogP contribution in [0.15, 0.2) is 18.2 Å². The monoisotopic (exact) mass is 481 g/mol. The Hall–Kier alpha value is -3.14. The van der Waals surface area contributed by atoms with Crippen molar-refractivity contribution < 1.29 is 43.2 Å². The maximum atomic E-state index is 12.3. The standard InChI is InChI=1S/C24H35NO9/c1-13(2)20(26)32-18-10-9-17(11-19(18)33-21(27)14(3)4)12-24(22(28)29,25-15(5)6)34-23(30)31-16(7)8/h9-11,13-16,25H,12H2,1-8H3,(H,28,29)/t24-/m0/s1. The molecule has 0 fully saturated rings. The van der Waals surface area contributed by atoms with Crippen molar-refractivity contribution in [3.8, 4) is 11.5 Å². The van der Waals surface area contributed by atoms with Crippen molar-refractivity contribution in [2.45, 2.75) is 79.7 Å². The Morgan fingerprint density at radius 1 is 0.882 bits per heavy atom. The summed E-state index contributed by atoms with van der Waals surface area (Å²) in [5, 5.41) is 12.8. The van der Waals surface area contributed by atoms with E-state index in [9.17, 15) is 24.3 Å². The third-order valence-corrected chi connectivity index (χ3v) is 4.28. The number of carboxylic acids is 1. The van der Waals surface area contributed by atoms with Crippen LogP contribution in [0.5, 0.6) is 11.5 Å². The van der Waals surface area contributed by atoms with E-state index in [1.165, 1.54) is 18.2 Å². The van der Waals surface area contributed by atoms with Crippen molar-refractivity contribution >= 4 is 24.1 Å². The first-order valence-corrected chi connectivity index (χ1v) is 11.1. The summed E-state index contributed by atoms with van der Waals surface area (Å²) in [5.74, 6) is -3.49. The maximum absolute atomic E-state index is 12.3. The van der Waals surface area contributed by atoms with Gasteiger partial charge in [0.2, 0.25) is 0 Å². The van der Waals surface area contributed by atoms with Gasteiger partial charge in [-0.05, 0) is 45.4 Å². The van der Waals surface area contributed by atoms with E-state index >= 15 is 0 Å². The molecule has 0 unspecified atom stereocenters. The van der Waals surface area contributed by atoms with Gasteiger partial charge in [-0.2, -0.15) is 0 Å². The molecule has 10 nitrogen and oxygen atoms in total. The number of hydrogen-bond acceptors (Lipinski definition) is 9. The summed E-state index contributed by atoms with van der Waals surface area (Å²) in [5.41, 5.74) is -1.83. The highest BCUT2D eigenvalue weighted by atomic mass is 16.7. The molecule has 1 rings (SSSR count). The number of carboxylic acid groups (broad SMARTS) is 1. The zero-order valence-corrected chi connectivity index (χ0v) is 21.0. The number of aliphatic carboxylic acids is 1. The van der Waals surface area contributed by atoms with Gasteiger partial charge in [-0.3, -0.25) is 14.9 Å². The van der Waals surface area contributed by atoms with Crippen LogP contribution in [-0.4, -0.2) is 47.0 Å². The zero-order valence-electron chi connectivity index (χ0n) is 21.0. The Kier molecular flexibility index (Phi) is 10.5. The van der Waals surface area contributed by atoms with E-state index in [1.54, 1.807) is 55.4 Å². The fourth-order valence-corrected chi connectivity index (χ4v) is 2.69. The minimum Gasteiger partial charge on any atom is -0.477 e. The van der Waals surface area contributed by atoms with Gasteiger partial charge in [0, 0.05) is 12.5 Å². The number of carbonyl (C=O) groups is 4. The van der Waals surface area contributed by atoms with Crippen LogP contribution in [0.2, 0.25) is 0 Å². The molecule has 10 heteroatoms. The number of ether oxygens (including phenoxy) is 4. The number of nitrogens with one attached hydrogen (secondary N) is 1. The SMILES string of the molecule is CC(C)N[C@@](Cc1ccc(OC(=O)C(C)C)c(OC(=O)C(C)C)c1)(OC(=O)OC(C)C)C(=O)O. The molecule has 0 aliphatic heterocycles. The summed E-state index contributed by atoms with van der Waals surface area (Å²) in [6.45, 7) is 13.2. The van der Waals surface area contributed by atoms with Gasteiger partial charge in [0.05, 0.1) is 17.9 Å². The van der Waals surface area contributed by atoms with E-state index in [0.717, 1.165) is 0 Å². The summed E-state index contributed by atoms with van der Waals surface area (Å²) in [4.78, 5) is 48.8. The topological polar surface area (TPSA) is 137 Å². The van der Waals surface area contributed by atoms with Gasteiger partial charge in [-0.15, -0.1) is 0 Å². The lowest BCUT2D eigenvalue weighted by molar-refractivity contribution is -0.167. The van der Waals surface area contributed by atoms with Gasteiger partial charge in [-0.25, -0.2) is 9.59 Å². The predicted molar refractivity (Wildman–Crippen MR) is 122 cm³/mol. The van der Waals surface area contributed by atoms with Gasteiger partial charge in [0.1, 0.15) is 0 Å². The first-order chi connectivity index (χ1) is 15.7. The Bertz CT molecular complexity index is 892. The van der Waals surface area contributed by atoms with Crippen LogP contribution in [-0.2, 0) is 30.3 Å². The lowest BCUT2D eigenvalue weighted by Crippen LogP contribution is -2.59. The third kappa shape index (κ3) is 8.66. The van der Waals surface area contributed by atoms with Crippen LogP contribution < -0.4 is 14.8 Å². The highest BCUT2D eigenvalue weighted by Gasteiger charge is 2.44. The second-order valence-corrected chi connectivity index (χ2v) is 9.06. The number of carbonyl (C=O) groups excluding carboxylic acids is 3. The second kappa shape index (κ2) is 12.4. The van der Waals surface area contributed by atoms with Crippen LogP contribution in [0.3, 0.4) is 0 Å². The summed E-state index contributed by atoms with van der Waals surface area (Å²) < 4.78 is 21.0. The molecule has 190 valence electrons. The van der Waals surface area contributed by atoms with Gasteiger partial charge >= 0.3 is 24.1 Å². The highest BCUT2D eigenvalue weighted by Crippen LogP contribution is 2.32. The molecular weight excluding hydrogens is 446 g/mol. The maximum Gasteiger partial charge on any atom is 0.510 e. The van der Waals surface area contributed by atoms with Crippen LogP contribution in [0.1, 0.15) is 61.0 Å². The van der Waals surface area contributed by atoms with Crippen molar-refractivity contribution in [1.82, 2.24) is 5.32 Å². The first-order valence-electron chi connectivity index (χ1n) is 11.1. The molecule has 0 spiro atoms. The van der Waals surface area contributed by atoms with Crippen LogP contribution in [0.25, 0.3) is 0 Å². The fraction of sp³-hybridized carbons (Fsp3) is 0.583. The van der Waals surface area contributed by atoms with Gasteiger partial charge in [0.25, 0.3) is 5.72 Å². The molecule has 0 aromatic heterocycles.